The summed E-state index contributed by atoms with van der Waals surface area (Å²) in [6.07, 6.45) is 1.84. The summed E-state index contributed by atoms with van der Waals surface area (Å²) in [6.45, 7) is 9.57. The van der Waals surface area contributed by atoms with Gasteiger partial charge >= 0.3 is 0 Å². The third-order valence-electron chi connectivity index (χ3n) is 5.43. The van der Waals surface area contributed by atoms with Gasteiger partial charge in [-0.25, -0.2) is 0 Å². The maximum absolute atomic E-state index is 12.8. The van der Waals surface area contributed by atoms with Crippen molar-refractivity contribution in [1.82, 2.24) is 10.2 Å². The van der Waals surface area contributed by atoms with E-state index in [0.29, 0.717) is 5.92 Å². The number of morpholine rings is 1. The number of amides is 1. The van der Waals surface area contributed by atoms with Gasteiger partial charge in [-0.2, -0.15) is 0 Å². The number of methoxy groups -OCH3 is 1. The highest BCUT2D eigenvalue weighted by molar-refractivity contribution is 5.91. The molecule has 2 fully saturated rings. The van der Waals surface area contributed by atoms with Crippen LogP contribution in [0.2, 0.25) is 0 Å². The number of hydrogen-bond acceptors (Lipinski definition) is 4. The summed E-state index contributed by atoms with van der Waals surface area (Å²) in [5, 5.41) is 3.19. The molecule has 5 nitrogen and oxygen atoms in total. The van der Waals surface area contributed by atoms with Crippen molar-refractivity contribution in [3.05, 3.63) is 29.3 Å². The predicted molar refractivity (Wildman–Crippen MR) is 98.1 cm³/mol. The van der Waals surface area contributed by atoms with Crippen LogP contribution in [0.4, 0.5) is 0 Å². The highest BCUT2D eigenvalue weighted by Gasteiger charge is 2.51. The van der Waals surface area contributed by atoms with Gasteiger partial charge in [0.15, 0.2) is 0 Å². The molecule has 2 aliphatic rings. The van der Waals surface area contributed by atoms with Crippen LogP contribution >= 0.6 is 0 Å². The van der Waals surface area contributed by atoms with Crippen molar-refractivity contribution in [3.63, 3.8) is 0 Å². The highest BCUT2D eigenvalue weighted by atomic mass is 16.5. The van der Waals surface area contributed by atoms with Gasteiger partial charge in [0, 0.05) is 26.2 Å². The summed E-state index contributed by atoms with van der Waals surface area (Å²) in [6, 6.07) is 6.14. The highest BCUT2D eigenvalue weighted by Crippen LogP contribution is 2.49. The Kier molecular flexibility index (Phi) is 5.64. The third-order valence-corrected chi connectivity index (χ3v) is 5.43. The second kappa shape index (κ2) is 7.75. The Morgan fingerprint density at radius 3 is 2.72 bits per heavy atom. The van der Waals surface area contributed by atoms with Gasteiger partial charge in [0.1, 0.15) is 5.75 Å². The van der Waals surface area contributed by atoms with E-state index in [-0.39, 0.29) is 11.3 Å². The van der Waals surface area contributed by atoms with Crippen LogP contribution in [0, 0.1) is 12.8 Å². The number of aryl methyl sites for hydroxylation is 1. The lowest BCUT2D eigenvalue weighted by molar-refractivity contribution is -0.123. The molecule has 1 atom stereocenters. The molecule has 5 heteroatoms. The van der Waals surface area contributed by atoms with E-state index in [9.17, 15) is 4.79 Å². The van der Waals surface area contributed by atoms with Crippen molar-refractivity contribution in [2.45, 2.75) is 32.1 Å². The van der Waals surface area contributed by atoms with Crippen LogP contribution in [0.15, 0.2) is 18.2 Å². The molecule has 138 valence electrons. The fourth-order valence-electron chi connectivity index (χ4n) is 3.61. The first-order valence-electron chi connectivity index (χ1n) is 9.29. The van der Waals surface area contributed by atoms with E-state index in [4.69, 9.17) is 9.47 Å². The minimum Gasteiger partial charge on any atom is -0.496 e. The molecule has 1 aromatic carbocycles. The van der Waals surface area contributed by atoms with Gasteiger partial charge in [-0.15, -0.1) is 0 Å². The second-order valence-electron chi connectivity index (χ2n) is 7.49. The molecule has 0 radical (unpaired) electrons. The zero-order valence-corrected chi connectivity index (χ0v) is 15.6. The van der Waals surface area contributed by atoms with Gasteiger partial charge in [-0.1, -0.05) is 19.1 Å². The zero-order valence-electron chi connectivity index (χ0n) is 15.6. The lowest BCUT2D eigenvalue weighted by Crippen LogP contribution is -2.43. The molecule has 25 heavy (non-hydrogen) atoms. The van der Waals surface area contributed by atoms with E-state index in [1.54, 1.807) is 7.11 Å². The van der Waals surface area contributed by atoms with E-state index < -0.39 is 0 Å². The number of hydrogen-bond donors (Lipinski definition) is 1. The summed E-state index contributed by atoms with van der Waals surface area (Å²) >= 11 is 0. The van der Waals surface area contributed by atoms with Crippen molar-refractivity contribution in [3.8, 4) is 5.75 Å². The fourth-order valence-corrected chi connectivity index (χ4v) is 3.61. The van der Waals surface area contributed by atoms with Gasteiger partial charge in [0.05, 0.1) is 25.7 Å². The minimum absolute atomic E-state index is 0.159. The summed E-state index contributed by atoms with van der Waals surface area (Å²) < 4.78 is 10.8. The van der Waals surface area contributed by atoms with Crippen LogP contribution in [0.1, 0.15) is 30.9 Å². The number of carbonyl (C=O) groups excluding carboxylic acids is 1. The Hall–Kier alpha value is -1.59. The lowest BCUT2D eigenvalue weighted by Gasteiger charge is -2.29. The Bertz CT molecular complexity index is 607. The molecule has 1 N–H and O–H groups in total. The van der Waals surface area contributed by atoms with Crippen LogP contribution in [0.25, 0.3) is 0 Å². The average molecular weight is 346 g/mol. The van der Waals surface area contributed by atoms with Crippen molar-refractivity contribution in [2.24, 2.45) is 5.92 Å². The van der Waals surface area contributed by atoms with Crippen LogP contribution < -0.4 is 10.1 Å². The van der Waals surface area contributed by atoms with Gasteiger partial charge in [0.2, 0.25) is 5.91 Å². The molecular formula is C20H30N2O3. The number of nitrogens with zero attached hydrogens (tertiary/aromatic N) is 1. The largest absolute Gasteiger partial charge is 0.496 e. The maximum atomic E-state index is 12.8. The van der Waals surface area contributed by atoms with Crippen LogP contribution in [-0.2, 0) is 14.9 Å². The van der Waals surface area contributed by atoms with Crippen molar-refractivity contribution in [2.75, 3.05) is 46.5 Å². The topological polar surface area (TPSA) is 50.8 Å². The summed E-state index contributed by atoms with van der Waals surface area (Å²) in [4.78, 5) is 15.2. The first kappa shape index (κ1) is 18.2. The molecule has 1 aromatic rings. The Balaban J connectivity index is 1.55. The second-order valence-corrected chi connectivity index (χ2v) is 7.49. The number of carbonyl (C=O) groups is 1. The first-order chi connectivity index (χ1) is 12.0. The van der Waals surface area contributed by atoms with E-state index in [2.05, 4.69) is 23.2 Å². The van der Waals surface area contributed by atoms with E-state index in [1.807, 2.05) is 19.1 Å². The third kappa shape index (κ3) is 4.15. The molecule has 1 heterocycles. The fraction of sp³-hybridized carbons (Fsp3) is 0.650. The van der Waals surface area contributed by atoms with E-state index in [1.165, 1.54) is 0 Å². The van der Waals surface area contributed by atoms with Crippen LogP contribution in [0.5, 0.6) is 5.75 Å². The molecule has 0 bridgehead atoms. The molecule has 0 unspecified atom stereocenters. The summed E-state index contributed by atoms with van der Waals surface area (Å²) in [5.74, 6) is 1.45. The molecule has 3 rings (SSSR count). The normalized spacial score (nSPS) is 20.8. The lowest BCUT2D eigenvalue weighted by atomic mass is 9.93. The minimum atomic E-state index is -0.348. The van der Waals surface area contributed by atoms with Gasteiger partial charge in [-0.3, -0.25) is 9.69 Å². The van der Waals surface area contributed by atoms with Crippen LogP contribution in [-0.4, -0.2) is 57.3 Å². The van der Waals surface area contributed by atoms with Gasteiger partial charge in [-0.05, 0) is 42.9 Å². The smallest absolute Gasteiger partial charge is 0.230 e. The quantitative estimate of drug-likeness (QED) is 0.822. The Morgan fingerprint density at radius 2 is 2.08 bits per heavy atom. The van der Waals surface area contributed by atoms with E-state index in [0.717, 1.165) is 69.1 Å². The number of ether oxygens (including phenoxy) is 2. The summed E-state index contributed by atoms with van der Waals surface area (Å²) in [5.41, 5.74) is 1.83. The van der Waals surface area contributed by atoms with E-state index >= 15 is 0 Å². The zero-order chi connectivity index (χ0) is 17.9. The van der Waals surface area contributed by atoms with Crippen LogP contribution in [0.3, 0.4) is 0 Å². The molecule has 1 aliphatic heterocycles. The Labute approximate surface area is 150 Å². The molecule has 0 spiro atoms. The molecular weight excluding hydrogens is 316 g/mol. The van der Waals surface area contributed by atoms with Gasteiger partial charge < -0.3 is 14.8 Å². The van der Waals surface area contributed by atoms with Crippen molar-refractivity contribution >= 4 is 5.91 Å². The molecule has 0 aromatic heterocycles. The SMILES string of the molecule is COc1cc(C2(C(=O)NC[C@@H](C)CN3CCOCC3)CC2)ccc1C. The number of benzene rings is 1. The molecule has 1 saturated heterocycles. The standard InChI is InChI=1S/C20H30N2O3/c1-15(14-22-8-10-25-11-9-22)13-21-19(23)20(6-7-20)17-5-4-16(2)18(12-17)24-3/h4-5,12,15H,6-11,13-14H2,1-3H3,(H,21,23)/t15-/m1/s1. The predicted octanol–water partition coefficient (Wildman–Crippen LogP) is 2.12. The Morgan fingerprint density at radius 1 is 1.36 bits per heavy atom. The number of nitrogens with one attached hydrogen (secondary N) is 1. The average Bonchev–Trinajstić information content (AvgIpc) is 3.43. The van der Waals surface area contributed by atoms with Crippen molar-refractivity contribution < 1.29 is 14.3 Å². The van der Waals surface area contributed by atoms with Crippen molar-refractivity contribution in [1.29, 1.82) is 0 Å². The molecule has 1 saturated carbocycles. The number of rotatable bonds is 7. The molecule has 1 aliphatic carbocycles. The first-order valence-corrected chi connectivity index (χ1v) is 9.29. The summed E-state index contributed by atoms with van der Waals surface area (Å²) in [7, 11) is 1.68. The van der Waals surface area contributed by atoms with Gasteiger partial charge in [0.25, 0.3) is 0 Å². The maximum Gasteiger partial charge on any atom is 0.230 e. The monoisotopic (exact) mass is 346 g/mol. The molecule has 1 amide bonds.